The molecule has 0 unspecified atom stereocenters. The van der Waals surface area contributed by atoms with Crippen LogP contribution in [0, 0.1) is 23.2 Å². The Morgan fingerprint density at radius 1 is 1.08 bits per heavy atom. The molecule has 0 spiro atoms. The number of carbonyl (C=O) groups is 4. The molecule has 8 rings (SSSR count). The second-order valence-electron chi connectivity index (χ2n) is 17.7. The summed E-state index contributed by atoms with van der Waals surface area (Å²) in [7, 11) is 0. The molecule has 1 aromatic carbocycles. The molecule has 8 atom stereocenters. The molecule has 2 aromatic heterocycles. The van der Waals surface area contributed by atoms with Gasteiger partial charge in [-0.25, -0.2) is 14.6 Å². The lowest BCUT2D eigenvalue weighted by Crippen LogP contribution is -2.59. The molecule has 324 valence electrons. The summed E-state index contributed by atoms with van der Waals surface area (Å²) in [6.45, 7) is 11.3. The minimum atomic E-state index is -1.43. The van der Waals surface area contributed by atoms with E-state index in [1.807, 2.05) is 27.7 Å². The summed E-state index contributed by atoms with van der Waals surface area (Å²) in [5, 5.41) is 24.2. The van der Waals surface area contributed by atoms with Gasteiger partial charge in [0.05, 0.1) is 19.8 Å². The zero-order valence-corrected chi connectivity index (χ0v) is 35.0. The molecule has 0 bridgehead atoms. The number of aromatic nitrogens is 4. The van der Waals surface area contributed by atoms with Gasteiger partial charge in [-0.05, 0) is 61.0 Å². The number of morpholine rings is 1. The number of carboxylic acids is 1. The van der Waals surface area contributed by atoms with E-state index < -0.39 is 53.0 Å². The number of aliphatic carboxylic acids is 1. The van der Waals surface area contributed by atoms with Gasteiger partial charge in [0.2, 0.25) is 17.7 Å². The van der Waals surface area contributed by atoms with Crippen molar-refractivity contribution < 1.29 is 48.0 Å². The third-order valence-electron chi connectivity index (χ3n) is 12.5. The number of pyridine rings is 1. The standard InChI is InChI=1S/C41H53ClN8O10/c1-5-24-19-41(24,37(53)54)47-35(51)28-17-26(20-50(28)36(52)34(40(2,3)4)46-39(55)59-25-15-22-14-23(22)16-25)58-30-18-31(60-38-43-21-44-48-38)45-33-27(30)6-7-29(32(33)42)57-13-10-49-8-11-56-12-9-49/h6-7,18,21-26,28,34H,5,8-17,19-20H2,1-4H3,(H,46,55)(H,47,51)(H,53,54)(H,43,44,48)/t22-,23+,24-,25+,26-,28+,34-,41-/m1/s1. The number of halogens is 1. The third kappa shape index (κ3) is 8.91. The molecule has 3 aromatic rings. The molecule has 4 N–H and O–H groups in total. The van der Waals surface area contributed by atoms with Crippen molar-refractivity contribution in [2.24, 2.45) is 23.2 Å². The number of carbonyl (C=O) groups excluding carboxylic acids is 3. The maximum atomic E-state index is 14.7. The number of H-pyrrole nitrogens is 1. The van der Waals surface area contributed by atoms with Crippen LogP contribution in [-0.4, -0.2) is 135 Å². The van der Waals surface area contributed by atoms with E-state index in [9.17, 15) is 24.3 Å². The number of aromatic amines is 1. The second kappa shape index (κ2) is 16.8. The summed E-state index contributed by atoms with van der Waals surface area (Å²) in [6, 6.07) is 2.90. The van der Waals surface area contributed by atoms with E-state index in [1.54, 1.807) is 18.2 Å². The first-order valence-corrected chi connectivity index (χ1v) is 21.2. The number of ether oxygens (including phenoxy) is 5. The highest BCUT2D eigenvalue weighted by Gasteiger charge is 2.61. The van der Waals surface area contributed by atoms with Gasteiger partial charge in [0.15, 0.2) is 0 Å². The second-order valence-corrected chi connectivity index (χ2v) is 18.1. The number of rotatable bonds is 15. The van der Waals surface area contributed by atoms with Crippen molar-refractivity contribution in [1.82, 2.24) is 40.6 Å². The smallest absolute Gasteiger partial charge is 0.408 e. The maximum Gasteiger partial charge on any atom is 0.408 e. The van der Waals surface area contributed by atoms with Crippen molar-refractivity contribution in [2.75, 3.05) is 46.0 Å². The van der Waals surface area contributed by atoms with Crippen LogP contribution in [-0.2, 0) is 23.9 Å². The molecule has 2 aliphatic heterocycles. The highest BCUT2D eigenvalue weighted by atomic mass is 35.5. The van der Waals surface area contributed by atoms with E-state index in [0.717, 1.165) is 32.4 Å². The van der Waals surface area contributed by atoms with Gasteiger partial charge in [0.25, 0.3) is 0 Å². The van der Waals surface area contributed by atoms with Gasteiger partial charge >= 0.3 is 18.1 Å². The van der Waals surface area contributed by atoms with Gasteiger partial charge in [-0.3, -0.25) is 19.5 Å². The van der Waals surface area contributed by atoms with Crippen LogP contribution in [0.15, 0.2) is 24.5 Å². The fraction of sp³-hybridized carbons (Fsp3) is 0.634. The molecule has 18 nitrogen and oxygen atoms in total. The lowest BCUT2D eigenvalue weighted by atomic mass is 9.85. The van der Waals surface area contributed by atoms with Gasteiger partial charge in [0, 0.05) is 37.5 Å². The quantitative estimate of drug-likeness (QED) is 0.169. The molecular weight excluding hydrogens is 800 g/mol. The van der Waals surface area contributed by atoms with Crippen LogP contribution in [0.4, 0.5) is 4.79 Å². The van der Waals surface area contributed by atoms with E-state index >= 15 is 0 Å². The molecule has 3 saturated carbocycles. The fourth-order valence-corrected chi connectivity index (χ4v) is 9.18. The fourth-order valence-electron chi connectivity index (χ4n) is 8.92. The average Bonchev–Trinajstić information content (AvgIpc) is 3.85. The van der Waals surface area contributed by atoms with E-state index in [-0.39, 0.29) is 54.1 Å². The zero-order chi connectivity index (χ0) is 42.3. The first-order chi connectivity index (χ1) is 28.7. The molecule has 4 heterocycles. The molecule has 3 amide bonds. The molecule has 5 fully saturated rings. The minimum Gasteiger partial charge on any atom is -0.491 e. The predicted molar refractivity (Wildman–Crippen MR) is 215 cm³/mol. The van der Waals surface area contributed by atoms with Crippen LogP contribution in [0.3, 0.4) is 0 Å². The van der Waals surface area contributed by atoms with Crippen molar-refractivity contribution in [3.63, 3.8) is 0 Å². The third-order valence-corrected chi connectivity index (χ3v) is 12.9. The van der Waals surface area contributed by atoms with Crippen molar-refractivity contribution >= 4 is 46.4 Å². The summed E-state index contributed by atoms with van der Waals surface area (Å²) in [5.41, 5.74) is -1.92. The highest BCUT2D eigenvalue weighted by molar-refractivity contribution is 6.36. The monoisotopic (exact) mass is 852 g/mol. The topological polar surface area (TPSA) is 220 Å². The Balaban J connectivity index is 1.06. The number of carboxylic acid groups (broad SMARTS) is 1. The van der Waals surface area contributed by atoms with E-state index in [2.05, 4.69) is 35.7 Å². The van der Waals surface area contributed by atoms with Crippen LogP contribution in [0.1, 0.15) is 66.2 Å². The van der Waals surface area contributed by atoms with Gasteiger partial charge in [-0.15, -0.1) is 5.10 Å². The van der Waals surface area contributed by atoms with Crippen LogP contribution in [0.5, 0.6) is 23.4 Å². The summed E-state index contributed by atoms with van der Waals surface area (Å²) in [5.74, 6) is -0.575. The lowest BCUT2D eigenvalue weighted by molar-refractivity contribution is -0.146. The van der Waals surface area contributed by atoms with Gasteiger partial charge in [-0.2, -0.15) is 0 Å². The number of nitrogens with zero attached hydrogens (tertiary/aromatic N) is 5. The minimum absolute atomic E-state index is 0.00873. The van der Waals surface area contributed by atoms with E-state index in [4.69, 9.17) is 35.3 Å². The summed E-state index contributed by atoms with van der Waals surface area (Å²) < 4.78 is 29.9. The van der Waals surface area contributed by atoms with Crippen LogP contribution < -0.4 is 24.8 Å². The number of amides is 3. The number of alkyl carbamates (subject to hydrolysis) is 1. The molecule has 5 aliphatic rings. The van der Waals surface area contributed by atoms with E-state index in [1.165, 1.54) is 11.2 Å². The Bertz CT molecular complexity index is 2080. The molecule has 2 saturated heterocycles. The van der Waals surface area contributed by atoms with Crippen LogP contribution >= 0.6 is 11.6 Å². The zero-order valence-electron chi connectivity index (χ0n) is 34.3. The van der Waals surface area contributed by atoms with Gasteiger partial charge < -0.3 is 44.3 Å². The van der Waals surface area contributed by atoms with Crippen molar-refractivity contribution in [3.8, 4) is 23.4 Å². The summed E-state index contributed by atoms with van der Waals surface area (Å²) >= 11 is 6.97. The van der Waals surface area contributed by atoms with E-state index in [0.29, 0.717) is 61.3 Å². The van der Waals surface area contributed by atoms with Gasteiger partial charge in [0.1, 0.15) is 64.8 Å². The molecular formula is C41H53ClN8O10. The molecule has 60 heavy (non-hydrogen) atoms. The first-order valence-electron chi connectivity index (χ1n) is 20.8. The average molecular weight is 853 g/mol. The van der Waals surface area contributed by atoms with Crippen molar-refractivity contribution in [3.05, 3.63) is 29.5 Å². The Morgan fingerprint density at radius 3 is 2.52 bits per heavy atom. The number of nitrogens with one attached hydrogen (secondary N) is 3. The summed E-state index contributed by atoms with van der Waals surface area (Å²) in [4.78, 5) is 65.7. The number of benzene rings is 1. The normalized spacial score (nSPS) is 27.8. The molecule has 3 aliphatic carbocycles. The van der Waals surface area contributed by atoms with Crippen molar-refractivity contribution in [1.29, 1.82) is 0 Å². The predicted octanol–water partition coefficient (Wildman–Crippen LogP) is 4.17. The Hall–Kier alpha value is -4.94. The molecule has 19 heteroatoms. The highest BCUT2D eigenvalue weighted by Crippen LogP contribution is 2.52. The van der Waals surface area contributed by atoms with Crippen LogP contribution in [0.2, 0.25) is 5.02 Å². The summed E-state index contributed by atoms with van der Waals surface area (Å²) in [6.07, 6.45) is 3.31. The SMILES string of the molecule is CC[C@@H]1C[C@]1(NC(=O)[C@@H]1C[C@@H](Oc2cc(Oc3nnc[nH]3)nc3c(Cl)c(OCCN4CCOCC4)ccc23)CN1C(=O)[C@@H](NC(=O)O[C@@H]1C[C@@H]2C[C@@H]2C1)C(C)(C)C)C(=O)O. The van der Waals surface area contributed by atoms with Crippen LogP contribution in [0.25, 0.3) is 10.9 Å². The number of fused-ring (bicyclic) bond motifs is 2. The molecule has 0 radical (unpaired) electrons. The number of likely N-dealkylation sites (tertiary alicyclic amines) is 1. The number of hydrogen-bond acceptors (Lipinski definition) is 13. The van der Waals surface area contributed by atoms with Crippen molar-refractivity contribution in [2.45, 2.75) is 96.1 Å². The maximum absolute atomic E-state index is 14.7. The largest absolute Gasteiger partial charge is 0.491 e. The Kier molecular flexibility index (Phi) is 11.7. The number of hydrogen-bond donors (Lipinski definition) is 4. The van der Waals surface area contributed by atoms with Gasteiger partial charge in [-0.1, -0.05) is 50.8 Å². The Labute approximate surface area is 352 Å². The lowest BCUT2D eigenvalue weighted by Gasteiger charge is -2.35. The Morgan fingerprint density at radius 2 is 1.85 bits per heavy atom. The first kappa shape index (κ1) is 41.8.